The molecular formula is C27H29N5O4. The molecule has 36 heavy (non-hydrogen) atoms. The number of anilines is 2. The van der Waals surface area contributed by atoms with Crippen LogP contribution < -0.4 is 25.6 Å². The van der Waals surface area contributed by atoms with Gasteiger partial charge in [0.1, 0.15) is 11.5 Å². The van der Waals surface area contributed by atoms with Gasteiger partial charge >= 0.3 is 5.69 Å². The van der Waals surface area contributed by atoms with Gasteiger partial charge in [-0.3, -0.25) is 13.9 Å². The molecule has 4 aromatic rings. The highest BCUT2D eigenvalue weighted by Crippen LogP contribution is 2.39. The molecule has 0 amide bonds. The number of imidazole rings is 1. The molecule has 2 aromatic heterocycles. The number of aromatic nitrogens is 4. The molecule has 0 bridgehead atoms. The fourth-order valence-electron chi connectivity index (χ4n) is 4.74. The molecule has 0 aliphatic carbocycles. The summed E-state index contributed by atoms with van der Waals surface area (Å²) < 4.78 is 15.6. The highest BCUT2D eigenvalue weighted by molar-refractivity contribution is 5.78. The molecule has 0 spiro atoms. The number of hydrogen-bond acceptors (Lipinski definition) is 6. The Hall–Kier alpha value is -4.27. The Morgan fingerprint density at radius 1 is 1.06 bits per heavy atom. The Balaban J connectivity index is 1.64. The van der Waals surface area contributed by atoms with E-state index in [9.17, 15) is 9.59 Å². The van der Waals surface area contributed by atoms with Gasteiger partial charge in [-0.05, 0) is 23.6 Å². The lowest BCUT2D eigenvalue weighted by Crippen LogP contribution is -2.40. The molecular weight excluding hydrogens is 458 g/mol. The number of benzene rings is 2. The van der Waals surface area contributed by atoms with Crippen molar-refractivity contribution in [2.24, 2.45) is 13.0 Å². The number of methoxy groups -OCH3 is 2. The Morgan fingerprint density at radius 2 is 1.83 bits per heavy atom. The van der Waals surface area contributed by atoms with E-state index in [1.54, 1.807) is 21.3 Å². The van der Waals surface area contributed by atoms with Crippen molar-refractivity contribution in [1.29, 1.82) is 0 Å². The summed E-state index contributed by atoms with van der Waals surface area (Å²) in [6.07, 6.45) is 3.73. The first kappa shape index (κ1) is 23.5. The molecule has 2 aromatic carbocycles. The van der Waals surface area contributed by atoms with Crippen LogP contribution >= 0.6 is 0 Å². The van der Waals surface area contributed by atoms with Crippen LogP contribution in [-0.4, -0.2) is 39.4 Å². The summed E-state index contributed by atoms with van der Waals surface area (Å²) in [4.78, 5) is 33.6. The summed E-state index contributed by atoms with van der Waals surface area (Å²) >= 11 is 0. The molecule has 0 fully saturated rings. The lowest BCUT2D eigenvalue weighted by atomic mass is 10.1. The summed E-state index contributed by atoms with van der Waals surface area (Å²) in [5.74, 6) is 2.16. The van der Waals surface area contributed by atoms with Gasteiger partial charge in [-0.2, -0.15) is 4.98 Å². The molecule has 0 saturated heterocycles. The summed E-state index contributed by atoms with van der Waals surface area (Å²) in [6.45, 7) is 3.60. The van der Waals surface area contributed by atoms with Gasteiger partial charge < -0.3 is 18.9 Å². The van der Waals surface area contributed by atoms with E-state index in [-0.39, 0.29) is 18.0 Å². The predicted molar refractivity (Wildman–Crippen MR) is 140 cm³/mol. The molecule has 0 N–H and O–H groups in total. The summed E-state index contributed by atoms with van der Waals surface area (Å²) in [7, 11) is 4.87. The van der Waals surface area contributed by atoms with Crippen molar-refractivity contribution in [3.8, 4) is 11.5 Å². The summed E-state index contributed by atoms with van der Waals surface area (Å²) in [6, 6.07) is 15.4. The number of fused-ring (bicyclic) bond motifs is 3. The second-order valence-electron chi connectivity index (χ2n) is 9.02. The topological polar surface area (TPSA) is 83.5 Å². The molecule has 9 heteroatoms. The maximum atomic E-state index is 13.6. The number of ether oxygens (including phenoxy) is 2. The van der Waals surface area contributed by atoms with E-state index >= 15 is 0 Å². The van der Waals surface area contributed by atoms with Crippen LogP contribution in [0.3, 0.4) is 0 Å². The van der Waals surface area contributed by atoms with E-state index < -0.39 is 5.69 Å². The normalized spacial score (nSPS) is 15.4. The van der Waals surface area contributed by atoms with Crippen LogP contribution in [-0.2, 0) is 20.1 Å². The van der Waals surface area contributed by atoms with Crippen LogP contribution in [0.25, 0.3) is 17.2 Å². The van der Waals surface area contributed by atoms with Crippen molar-refractivity contribution in [2.75, 3.05) is 25.7 Å². The zero-order chi connectivity index (χ0) is 25.4. The van der Waals surface area contributed by atoms with E-state index in [4.69, 9.17) is 14.5 Å². The number of aryl methyl sites for hydroxylation is 1. The molecule has 0 unspecified atom stereocenters. The van der Waals surface area contributed by atoms with E-state index in [1.807, 2.05) is 70.1 Å². The molecule has 186 valence electrons. The van der Waals surface area contributed by atoms with Gasteiger partial charge in [-0.1, -0.05) is 49.4 Å². The lowest BCUT2D eigenvalue weighted by molar-refractivity contribution is 0.392. The zero-order valence-electron chi connectivity index (χ0n) is 20.8. The molecule has 1 aliphatic rings. The highest BCUT2D eigenvalue weighted by atomic mass is 16.5. The quantitative estimate of drug-likeness (QED) is 0.415. The van der Waals surface area contributed by atoms with Crippen LogP contribution in [0.2, 0.25) is 0 Å². The molecule has 3 heterocycles. The minimum absolute atomic E-state index is 0.169. The van der Waals surface area contributed by atoms with Crippen molar-refractivity contribution in [2.45, 2.75) is 20.0 Å². The third-order valence-electron chi connectivity index (χ3n) is 6.52. The first-order valence-electron chi connectivity index (χ1n) is 11.8. The molecule has 1 atom stereocenters. The van der Waals surface area contributed by atoms with Gasteiger partial charge in [0, 0.05) is 32.7 Å². The van der Waals surface area contributed by atoms with E-state index in [2.05, 4.69) is 6.92 Å². The summed E-state index contributed by atoms with van der Waals surface area (Å²) in [5, 5.41) is 0. The molecule has 5 rings (SSSR count). The number of allylic oxidation sites excluding steroid dienone is 1. The zero-order valence-corrected chi connectivity index (χ0v) is 20.8. The number of hydrogen-bond donors (Lipinski definition) is 0. The second kappa shape index (κ2) is 9.41. The van der Waals surface area contributed by atoms with Gasteiger partial charge in [0.2, 0.25) is 5.95 Å². The van der Waals surface area contributed by atoms with Crippen molar-refractivity contribution < 1.29 is 9.47 Å². The first-order chi connectivity index (χ1) is 17.4. The van der Waals surface area contributed by atoms with Crippen LogP contribution in [0.15, 0.2) is 64.2 Å². The third kappa shape index (κ3) is 3.96. The molecule has 0 radical (unpaired) electrons. The minimum atomic E-state index is -0.401. The number of rotatable bonds is 6. The SMILES string of the molecule is COc1ccc(N2C[C@@H](C)Cn3c2nc2c3c(=O)n(C/C=C\c3ccccc3)c(=O)n2C)c(OC)c1. The largest absolute Gasteiger partial charge is 0.497 e. The Bertz CT molecular complexity index is 1570. The van der Waals surface area contributed by atoms with Gasteiger partial charge in [0.15, 0.2) is 11.2 Å². The lowest BCUT2D eigenvalue weighted by Gasteiger charge is -2.33. The van der Waals surface area contributed by atoms with Gasteiger partial charge in [0.25, 0.3) is 5.56 Å². The second-order valence-corrected chi connectivity index (χ2v) is 9.02. The Labute approximate surface area is 208 Å². The van der Waals surface area contributed by atoms with Crippen LogP contribution in [0, 0.1) is 5.92 Å². The van der Waals surface area contributed by atoms with E-state index in [0.29, 0.717) is 41.7 Å². The van der Waals surface area contributed by atoms with Crippen molar-refractivity contribution >= 4 is 28.9 Å². The molecule has 0 saturated carbocycles. The maximum Gasteiger partial charge on any atom is 0.332 e. The average molecular weight is 488 g/mol. The fourth-order valence-corrected chi connectivity index (χ4v) is 4.74. The Morgan fingerprint density at radius 3 is 2.56 bits per heavy atom. The Kier molecular flexibility index (Phi) is 6.13. The summed E-state index contributed by atoms with van der Waals surface area (Å²) in [5.41, 5.74) is 1.86. The average Bonchev–Trinajstić information content (AvgIpc) is 3.28. The molecule has 9 nitrogen and oxygen atoms in total. The van der Waals surface area contributed by atoms with Crippen LogP contribution in [0.1, 0.15) is 12.5 Å². The van der Waals surface area contributed by atoms with Gasteiger partial charge in [-0.25, -0.2) is 4.79 Å². The maximum absolute atomic E-state index is 13.6. The molecule has 1 aliphatic heterocycles. The van der Waals surface area contributed by atoms with Crippen LogP contribution in [0.4, 0.5) is 11.6 Å². The smallest absolute Gasteiger partial charge is 0.332 e. The number of nitrogens with zero attached hydrogens (tertiary/aromatic N) is 5. The van der Waals surface area contributed by atoms with Crippen molar-refractivity contribution in [3.05, 3.63) is 81.0 Å². The monoisotopic (exact) mass is 487 g/mol. The predicted octanol–water partition coefficient (Wildman–Crippen LogP) is 3.42. The first-order valence-corrected chi connectivity index (χ1v) is 11.8. The van der Waals surface area contributed by atoms with Crippen LogP contribution in [0.5, 0.6) is 11.5 Å². The van der Waals surface area contributed by atoms with E-state index in [0.717, 1.165) is 11.3 Å². The standard InChI is InChI=1S/C27H29N5O4/c1-18-16-31(21-13-12-20(35-3)15-22(21)36-4)26-28-24-23(32(26)17-18)25(33)30(27(34)29(24)2)14-8-11-19-9-6-5-7-10-19/h5-13,15,18H,14,16-17H2,1-4H3/b11-8-/t18-/m1/s1. The van der Waals surface area contributed by atoms with Gasteiger partial charge in [0.05, 0.1) is 19.9 Å². The minimum Gasteiger partial charge on any atom is -0.497 e. The van der Waals surface area contributed by atoms with E-state index in [1.165, 1.54) is 9.13 Å². The van der Waals surface area contributed by atoms with Gasteiger partial charge in [-0.15, -0.1) is 0 Å². The van der Waals surface area contributed by atoms with Crippen molar-refractivity contribution in [1.82, 2.24) is 18.7 Å². The fraction of sp³-hybridized carbons (Fsp3) is 0.296. The third-order valence-corrected chi connectivity index (χ3v) is 6.52. The highest BCUT2D eigenvalue weighted by Gasteiger charge is 2.31. The van der Waals surface area contributed by atoms with Crippen molar-refractivity contribution in [3.63, 3.8) is 0 Å².